The lowest BCUT2D eigenvalue weighted by atomic mass is 9.99. The van der Waals surface area contributed by atoms with Crippen molar-refractivity contribution in [3.05, 3.63) is 101 Å². The number of aromatic nitrogens is 3. The minimum atomic E-state index is -0.919. The molecule has 2 N–H and O–H groups in total. The summed E-state index contributed by atoms with van der Waals surface area (Å²) in [7, 11) is 1.80. The van der Waals surface area contributed by atoms with E-state index in [1.165, 1.54) is 0 Å². The van der Waals surface area contributed by atoms with Crippen LogP contribution in [0.2, 0.25) is 5.02 Å². The third-order valence-corrected chi connectivity index (χ3v) is 4.91. The van der Waals surface area contributed by atoms with Gasteiger partial charge in [0.15, 0.2) is 5.82 Å². The van der Waals surface area contributed by atoms with E-state index in [0.29, 0.717) is 33.2 Å². The number of rotatable bonds is 5. The van der Waals surface area contributed by atoms with Gasteiger partial charge in [-0.25, -0.2) is 4.98 Å². The van der Waals surface area contributed by atoms with Crippen molar-refractivity contribution in [2.75, 3.05) is 5.32 Å². The van der Waals surface area contributed by atoms with E-state index in [-0.39, 0.29) is 5.91 Å². The first-order chi connectivity index (χ1) is 14.5. The van der Waals surface area contributed by atoms with E-state index in [4.69, 9.17) is 11.6 Å². The number of aliphatic hydroxyl groups is 1. The molecule has 1 atom stereocenters. The van der Waals surface area contributed by atoms with Crippen LogP contribution in [0.3, 0.4) is 0 Å². The van der Waals surface area contributed by atoms with Crippen molar-refractivity contribution in [1.29, 1.82) is 0 Å². The first kappa shape index (κ1) is 19.8. The summed E-state index contributed by atoms with van der Waals surface area (Å²) >= 11 is 6.14. The van der Waals surface area contributed by atoms with Crippen LogP contribution in [-0.4, -0.2) is 25.8 Å². The fourth-order valence-corrected chi connectivity index (χ4v) is 3.31. The summed E-state index contributed by atoms with van der Waals surface area (Å²) < 4.78 is 1.62. The molecule has 0 saturated heterocycles. The summed E-state index contributed by atoms with van der Waals surface area (Å²) in [4.78, 5) is 17.0. The Hall–Kier alpha value is -3.48. The van der Waals surface area contributed by atoms with E-state index in [0.717, 1.165) is 5.56 Å². The van der Waals surface area contributed by atoms with Crippen LogP contribution in [0.5, 0.6) is 0 Å². The molecular weight excluding hydrogens is 400 g/mol. The molecule has 3 aromatic carbocycles. The summed E-state index contributed by atoms with van der Waals surface area (Å²) in [6, 6.07) is 21.3. The van der Waals surface area contributed by atoms with Crippen molar-refractivity contribution in [2.24, 2.45) is 7.05 Å². The molecule has 1 amide bonds. The summed E-state index contributed by atoms with van der Waals surface area (Å²) in [5, 5.41) is 18.4. The Kier molecular flexibility index (Phi) is 5.61. The largest absolute Gasteiger partial charge is 0.384 e. The highest BCUT2D eigenvalue weighted by Gasteiger charge is 2.17. The van der Waals surface area contributed by atoms with Crippen molar-refractivity contribution in [1.82, 2.24) is 14.8 Å². The van der Waals surface area contributed by atoms with Gasteiger partial charge in [-0.05, 0) is 35.9 Å². The second-order valence-electron chi connectivity index (χ2n) is 6.82. The average Bonchev–Trinajstić information content (AvgIpc) is 3.21. The predicted molar refractivity (Wildman–Crippen MR) is 116 cm³/mol. The number of aliphatic hydroxyl groups excluding tert-OH is 1. The van der Waals surface area contributed by atoms with Gasteiger partial charge in [0, 0.05) is 34.4 Å². The van der Waals surface area contributed by atoms with Crippen LogP contribution in [0.25, 0.3) is 11.4 Å². The zero-order valence-corrected chi connectivity index (χ0v) is 16.9. The molecule has 1 heterocycles. The number of carbonyl (C=O) groups excluding carboxylic acids is 1. The van der Waals surface area contributed by atoms with Crippen LogP contribution < -0.4 is 5.32 Å². The van der Waals surface area contributed by atoms with Crippen LogP contribution in [0.15, 0.2) is 79.1 Å². The second kappa shape index (κ2) is 8.49. The smallest absolute Gasteiger partial charge is 0.255 e. The lowest BCUT2D eigenvalue weighted by Crippen LogP contribution is -2.14. The van der Waals surface area contributed by atoms with E-state index in [1.54, 1.807) is 60.5 Å². The van der Waals surface area contributed by atoms with Crippen molar-refractivity contribution >= 4 is 23.2 Å². The fraction of sp³-hybridized carbons (Fsp3) is 0.0870. The molecule has 0 bridgehead atoms. The number of amides is 1. The quantitative estimate of drug-likeness (QED) is 0.501. The van der Waals surface area contributed by atoms with Crippen molar-refractivity contribution < 1.29 is 9.90 Å². The van der Waals surface area contributed by atoms with Gasteiger partial charge in [-0.1, -0.05) is 54.1 Å². The van der Waals surface area contributed by atoms with Gasteiger partial charge in [0.2, 0.25) is 0 Å². The number of hydrogen-bond donors (Lipinski definition) is 2. The third-order valence-electron chi connectivity index (χ3n) is 4.68. The molecule has 0 aliphatic carbocycles. The molecular formula is C23H19ClN4O2. The molecule has 0 radical (unpaired) electrons. The summed E-state index contributed by atoms with van der Waals surface area (Å²) in [6.45, 7) is 0. The van der Waals surface area contributed by atoms with Gasteiger partial charge in [-0.3, -0.25) is 9.48 Å². The first-order valence-corrected chi connectivity index (χ1v) is 9.69. The van der Waals surface area contributed by atoms with E-state index in [2.05, 4.69) is 15.4 Å². The SMILES string of the molecule is Cn1cnc(-c2ccc(C(=O)Nc3ccc(Cl)cc3C(O)c3ccccc3)cc2)n1. The molecule has 0 spiro atoms. The van der Waals surface area contributed by atoms with Crippen molar-refractivity contribution in [3.8, 4) is 11.4 Å². The van der Waals surface area contributed by atoms with Crippen LogP contribution in [0.4, 0.5) is 5.69 Å². The minimum absolute atomic E-state index is 0.292. The van der Waals surface area contributed by atoms with E-state index >= 15 is 0 Å². The molecule has 0 aliphatic rings. The molecule has 4 rings (SSSR count). The highest BCUT2D eigenvalue weighted by atomic mass is 35.5. The number of halogens is 1. The molecule has 6 nitrogen and oxygen atoms in total. The van der Waals surface area contributed by atoms with E-state index in [1.807, 2.05) is 30.3 Å². The Morgan fingerprint density at radius 3 is 2.47 bits per heavy atom. The van der Waals surface area contributed by atoms with Crippen molar-refractivity contribution in [2.45, 2.75) is 6.10 Å². The highest BCUT2D eigenvalue weighted by Crippen LogP contribution is 2.31. The number of nitrogens with one attached hydrogen (secondary N) is 1. The predicted octanol–water partition coefficient (Wildman–Crippen LogP) is 4.47. The third kappa shape index (κ3) is 4.25. The number of nitrogens with zero attached hydrogens (tertiary/aromatic N) is 3. The monoisotopic (exact) mass is 418 g/mol. The molecule has 0 saturated carbocycles. The lowest BCUT2D eigenvalue weighted by Gasteiger charge is -2.17. The van der Waals surface area contributed by atoms with Gasteiger partial charge in [-0.2, -0.15) is 5.10 Å². The van der Waals surface area contributed by atoms with Crippen LogP contribution in [-0.2, 0) is 7.05 Å². The van der Waals surface area contributed by atoms with Crippen LogP contribution in [0.1, 0.15) is 27.6 Å². The normalized spacial score (nSPS) is 11.8. The topological polar surface area (TPSA) is 80.0 Å². The zero-order chi connectivity index (χ0) is 21.1. The van der Waals surface area contributed by atoms with E-state index < -0.39 is 6.10 Å². The second-order valence-corrected chi connectivity index (χ2v) is 7.25. The standard InChI is InChI=1S/C23H19ClN4O2/c1-28-14-25-22(27-28)16-7-9-17(10-8-16)23(30)26-20-12-11-18(24)13-19(20)21(29)15-5-3-2-4-6-15/h2-14,21,29H,1H3,(H,26,30). The summed E-state index contributed by atoms with van der Waals surface area (Å²) in [6.07, 6.45) is 0.702. The Bertz CT molecular complexity index is 1170. The molecule has 150 valence electrons. The number of hydrogen-bond acceptors (Lipinski definition) is 4. The van der Waals surface area contributed by atoms with Crippen molar-refractivity contribution in [3.63, 3.8) is 0 Å². The number of benzene rings is 3. The molecule has 1 unspecified atom stereocenters. The maximum absolute atomic E-state index is 12.8. The van der Waals surface area contributed by atoms with Gasteiger partial charge in [0.05, 0.1) is 0 Å². The first-order valence-electron chi connectivity index (χ1n) is 9.31. The summed E-state index contributed by atoms with van der Waals surface area (Å²) in [5.41, 5.74) is 3.03. The Morgan fingerprint density at radius 1 is 1.07 bits per heavy atom. The minimum Gasteiger partial charge on any atom is -0.384 e. The zero-order valence-electron chi connectivity index (χ0n) is 16.2. The maximum atomic E-state index is 12.8. The molecule has 30 heavy (non-hydrogen) atoms. The molecule has 0 aliphatic heterocycles. The van der Waals surface area contributed by atoms with Gasteiger partial charge in [-0.15, -0.1) is 0 Å². The van der Waals surface area contributed by atoms with Gasteiger partial charge in [0.25, 0.3) is 5.91 Å². The average molecular weight is 419 g/mol. The molecule has 4 aromatic rings. The number of aryl methyl sites for hydroxylation is 1. The number of carbonyl (C=O) groups is 1. The van der Waals surface area contributed by atoms with E-state index in [9.17, 15) is 9.90 Å². The Balaban J connectivity index is 1.57. The summed E-state index contributed by atoms with van der Waals surface area (Å²) in [5.74, 6) is 0.301. The van der Waals surface area contributed by atoms with Crippen LogP contribution >= 0.6 is 11.6 Å². The molecule has 1 aromatic heterocycles. The Morgan fingerprint density at radius 2 is 1.80 bits per heavy atom. The van der Waals surface area contributed by atoms with Gasteiger partial charge >= 0.3 is 0 Å². The highest BCUT2D eigenvalue weighted by molar-refractivity contribution is 6.30. The lowest BCUT2D eigenvalue weighted by molar-refractivity contribution is 0.102. The van der Waals surface area contributed by atoms with Crippen LogP contribution in [0, 0.1) is 0 Å². The van der Waals surface area contributed by atoms with Gasteiger partial charge in [0.1, 0.15) is 12.4 Å². The molecule has 0 fully saturated rings. The van der Waals surface area contributed by atoms with Gasteiger partial charge < -0.3 is 10.4 Å². The fourth-order valence-electron chi connectivity index (χ4n) is 3.13. The maximum Gasteiger partial charge on any atom is 0.255 e. The Labute approximate surface area is 178 Å². The molecule has 7 heteroatoms. The number of anilines is 1.